The third kappa shape index (κ3) is 4.43. The van der Waals surface area contributed by atoms with Crippen molar-refractivity contribution in [3.05, 3.63) is 0 Å². The highest BCUT2D eigenvalue weighted by atomic mass is 19.1. The number of likely N-dealkylation sites (tertiary alicyclic amines) is 1. The van der Waals surface area contributed by atoms with Crippen molar-refractivity contribution in [2.75, 3.05) is 26.4 Å². The second-order valence-electron chi connectivity index (χ2n) is 4.41. The van der Waals surface area contributed by atoms with Gasteiger partial charge in [-0.1, -0.05) is 0 Å². The fourth-order valence-electron chi connectivity index (χ4n) is 1.94. The summed E-state index contributed by atoms with van der Waals surface area (Å²) in [6.07, 6.45) is 0.418. The summed E-state index contributed by atoms with van der Waals surface area (Å²) in [5, 5.41) is 0. The first-order chi connectivity index (χ1) is 7.13. The SMILES string of the molecule is CC(C)OCC1CC(F)CN1CCCF. The topological polar surface area (TPSA) is 12.5 Å². The van der Waals surface area contributed by atoms with Crippen LogP contribution in [0.1, 0.15) is 26.7 Å². The first kappa shape index (κ1) is 12.8. The van der Waals surface area contributed by atoms with Crippen LogP contribution in [0.25, 0.3) is 0 Å². The number of halogens is 2. The Balaban J connectivity index is 2.31. The molecule has 0 radical (unpaired) electrons. The van der Waals surface area contributed by atoms with Gasteiger partial charge >= 0.3 is 0 Å². The van der Waals surface area contributed by atoms with Gasteiger partial charge in [-0.05, 0) is 26.7 Å². The van der Waals surface area contributed by atoms with Crippen molar-refractivity contribution in [3.63, 3.8) is 0 Å². The van der Waals surface area contributed by atoms with E-state index < -0.39 is 6.17 Å². The second kappa shape index (κ2) is 6.38. The Kier molecular flexibility index (Phi) is 5.47. The summed E-state index contributed by atoms with van der Waals surface area (Å²) in [5.41, 5.74) is 0. The molecule has 0 N–H and O–H groups in total. The van der Waals surface area contributed by atoms with Gasteiger partial charge in [0.1, 0.15) is 6.17 Å². The van der Waals surface area contributed by atoms with Crippen LogP contribution in [0.2, 0.25) is 0 Å². The lowest BCUT2D eigenvalue weighted by atomic mass is 10.2. The van der Waals surface area contributed by atoms with Crippen LogP contribution < -0.4 is 0 Å². The van der Waals surface area contributed by atoms with Crippen molar-refractivity contribution in [1.29, 1.82) is 0 Å². The van der Waals surface area contributed by atoms with E-state index in [-0.39, 0.29) is 18.8 Å². The van der Waals surface area contributed by atoms with Crippen LogP contribution >= 0.6 is 0 Å². The summed E-state index contributed by atoms with van der Waals surface area (Å²) in [6.45, 7) is 5.24. The predicted octanol–water partition coefficient (Wildman–Crippen LogP) is 2.18. The molecule has 0 bridgehead atoms. The van der Waals surface area contributed by atoms with Gasteiger partial charge in [-0.2, -0.15) is 0 Å². The van der Waals surface area contributed by atoms with Crippen LogP contribution in [-0.2, 0) is 4.74 Å². The van der Waals surface area contributed by atoms with E-state index in [1.807, 2.05) is 18.7 Å². The van der Waals surface area contributed by atoms with E-state index >= 15 is 0 Å². The van der Waals surface area contributed by atoms with E-state index in [0.717, 1.165) is 0 Å². The summed E-state index contributed by atoms with van der Waals surface area (Å²) in [7, 11) is 0. The van der Waals surface area contributed by atoms with Gasteiger partial charge in [0.05, 0.1) is 19.4 Å². The molecule has 1 rings (SSSR count). The molecule has 0 amide bonds. The molecular weight excluding hydrogens is 200 g/mol. The smallest absolute Gasteiger partial charge is 0.114 e. The Morgan fingerprint density at radius 1 is 1.47 bits per heavy atom. The number of hydrogen-bond donors (Lipinski definition) is 0. The van der Waals surface area contributed by atoms with Crippen LogP contribution in [0.3, 0.4) is 0 Å². The van der Waals surface area contributed by atoms with Gasteiger partial charge in [0.2, 0.25) is 0 Å². The van der Waals surface area contributed by atoms with E-state index in [1.165, 1.54) is 0 Å². The molecule has 1 heterocycles. The van der Waals surface area contributed by atoms with Crippen LogP contribution in [0.5, 0.6) is 0 Å². The van der Waals surface area contributed by atoms with Crippen LogP contribution in [0.4, 0.5) is 8.78 Å². The molecule has 0 spiro atoms. The van der Waals surface area contributed by atoms with Crippen LogP contribution in [-0.4, -0.2) is 49.6 Å². The molecule has 0 aromatic heterocycles. The largest absolute Gasteiger partial charge is 0.377 e. The van der Waals surface area contributed by atoms with Crippen molar-refractivity contribution >= 4 is 0 Å². The predicted molar refractivity (Wildman–Crippen MR) is 56.6 cm³/mol. The first-order valence-electron chi connectivity index (χ1n) is 5.69. The molecular formula is C11H21F2NO. The Labute approximate surface area is 90.6 Å². The van der Waals surface area contributed by atoms with E-state index in [9.17, 15) is 8.78 Å². The molecule has 0 saturated carbocycles. The van der Waals surface area contributed by atoms with Gasteiger partial charge in [-0.15, -0.1) is 0 Å². The number of alkyl halides is 2. The summed E-state index contributed by atoms with van der Waals surface area (Å²) in [4.78, 5) is 2.01. The van der Waals surface area contributed by atoms with Crippen LogP contribution in [0.15, 0.2) is 0 Å². The average molecular weight is 221 g/mol. The number of ether oxygens (including phenoxy) is 1. The van der Waals surface area contributed by atoms with Gasteiger partial charge in [0.15, 0.2) is 0 Å². The van der Waals surface area contributed by atoms with Crippen molar-refractivity contribution < 1.29 is 13.5 Å². The number of hydrogen-bond acceptors (Lipinski definition) is 2. The molecule has 1 aliphatic heterocycles. The molecule has 2 nitrogen and oxygen atoms in total. The minimum atomic E-state index is -0.773. The quantitative estimate of drug-likeness (QED) is 0.681. The number of rotatable bonds is 6. The average Bonchev–Trinajstić information content (AvgIpc) is 2.52. The van der Waals surface area contributed by atoms with Gasteiger partial charge in [-0.25, -0.2) is 4.39 Å². The molecule has 90 valence electrons. The van der Waals surface area contributed by atoms with E-state index in [0.29, 0.717) is 32.5 Å². The van der Waals surface area contributed by atoms with Gasteiger partial charge < -0.3 is 4.74 Å². The molecule has 2 unspecified atom stereocenters. The fraction of sp³-hybridized carbons (Fsp3) is 1.00. The van der Waals surface area contributed by atoms with E-state index in [4.69, 9.17) is 4.74 Å². The monoisotopic (exact) mass is 221 g/mol. The van der Waals surface area contributed by atoms with Gasteiger partial charge in [-0.3, -0.25) is 9.29 Å². The highest BCUT2D eigenvalue weighted by Gasteiger charge is 2.31. The molecule has 4 heteroatoms. The zero-order valence-corrected chi connectivity index (χ0v) is 9.59. The summed E-state index contributed by atoms with van der Waals surface area (Å²) < 4.78 is 30.7. The lowest BCUT2D eigenvalue weighted by Gasteiger charge is -2.24. The molecule has 0 aromatic carbocycles. The van der Waals surface area contributed by atoms with Crippen molar-refractivity contribution in [2.24, 2.45) is 0 Å². The lowest BCUT2D eigenvalue weighted by molar-refractivity contribution is 0.0367. The van der Waals surface area contributed by atoms with E-state index in [2.05, 4.69) is 0 Å². The summed E-state index contributed by atoms with van der Waals surface area (Å²) in [6, 6.07) is 0.133. The second-order valence-corrected chi connectivity index (χ2v) is 4.41. The van der Waals surface area contributed by atoms with E-state index in [1.54, 1.807) is 0 Å². The standard InChI is InChI=1S/C11H21F2NO/c1-9(2)15-8-11-6-10(13)7-14(11)5-3-4-12/h9-11H,3-8H2,1-2H3. The Hall–Kier alpha value is -0.220. The third-order valence-corrected chi connectivity index (χ3v) is 2.68. The molecule has 2 atom stereocenters. The zero-order valence-electron chi connectivity index (χ0n) is 9.59. The minimum Gasteiger partial charge on any atom is -0.377 e. The zero-order chi connectivity index (χ0) is 11.3. The highest BCUT2D eigenvalue weighted by Crippen LogP contribution is 2.21. The van der Waals surface area contributed by atoms with Crippen molar-refractivity contribution in [2.45, 2.75) is 45.0 Å². The first-order valence-corrected chi connectivity index (χ1v) is 5.69. The molecule has 0 aromatic rings. The Morgan fingerprint density at radius 3 is 2.80 bits per heavy atom. The van der Waals surface area contributed by atoms with Crippen LogP contribution in [0, 0.1) is 0 Å². The van der Waals surface area contributed by atoms with Crippen molar-refractivity contribution in [1.82, 2.24) is 4.90 Å². The molecule has 1 aliphatic rings. The fourth-order valence-corrected chi connectivity index (χ4v) is 1.94. The Morgan fingerprint density at radius 2 is 2.20 bits per heavy atom. The van der Waals surface area contributed by atoms with Gasteiger partial charge in [0, 0.05) is 19.1 Å². The maximum Gasteiger partial charge on any atom is 0.114 e. The maximum absolute atomic E-state index is 13.2. The highest BCUT2D eigenvalue weighted by molar-refractivity contribution is 4.85. The van der Waals surface area contributed by atoms with Crippen molar-refractivity contribution in [3.8, 4) is 0 Å². The maximum atomic E-state index is 13.2. The molecule has 1 saturated heterocycles. The summed E-state index contributed by atoms with van der Waals surface area (Å²) >= 11 is 0. The lowest BCUT2D eigenvalue weighted by Crippen LogP contribution is -2.35. The third-order valence-electron chi connectivity index (χ3n) is 2.68. The normalized spacial score (nSPS) is 27.8. The van der Waals surface area contributed by atoms with Gasteiger partial charge in [0.25, 0.3) is 0 Å². The molecule has 15 heavy (non-hydrogen) atoms. The minimum absolute atomic E-state index is 0.133. The molecule has 0 aliphatic carbocycles. The summed E-state index contributed by atoms with van der Waals surface area (Å²) in [5.74, 6) is 0. The number of nitrogens with zero attached hydrogens (tertiary/aromatic N) is 1. The Bertz CT molecular complexity index is 178. The molecule has 1 fully saturated rings.